The topological polar surface area (TPSA) is 54.4 Å². The number of aryl methyl sites for hydroxylation is 2. The molecule has 4 bridgehead atoms. The SMILES string of the molecule is C/C(=N/NC(=O)c1cc(-c2ccc(C)c(C)c2)nc2ccccc12)C12CC3CC(CC(C3)C1)C2. The lowest BCUT2D eigenvalue weighted by atomic mass is 9.48. The minimum atomic E-state index is -0.159. The summed E-state index contributed by atoms with van der Waals surface area (Å²) in [5, 5.41) is 5.58. The molecule has 0 spiro atoms. The predicted molar refractivity (Wildman–Crippen MR) is 138 cm³/mol. The van der Waals surface area contributed by atoms with Crippen molar-refractivity contribution in [3.8, 4) is 11.3 Å². The molecule has 0 radical (unpaired) electrons. The summed E-state index contributed by atoms with van der Waals surface area (Å²) < 4.78 is 0. The van der Waals surface area contributed by atoms with Gasteiger partial charge in [0.25, 0.3) is 5.91 Å². The molecule has 174 valence electrons. The largest absolute Gasteiger partial charge is 0.272 e. The van der Waals surface area contributed by atoms with Gasteiger partial charge in [0, 0.05) is 22.1 Å². The number of rotatable bonds is 4. The van der Waals surface area contributed by atoms with Gasteiger partial charge in [-0.3, -0.25) is 4.79 Å². The number of fused-ring (bicyclic) bond motifs is 1. The van der Waals surface area contributed by atoms with Crippen LogP contribution in [0.3, 0.4) is 0 Å². The third-order valence-corrected chi connectivity index (χ3v) is 8.89. The first kappa shape index (κ1) is 21.5. The number of hydrogen-bond donors (Lipinski definition) is 1. The molecule has 2 aromatic carbocycles. The van der Waals surface area contributed by atoms with Crippen molar-refractivity contribution in [2.75, 3.05) is 0 Å². The van der Waals surface area contributed by atoms with E-state index in [1.165, 1.54) is 49.7 Å². The molecule has 0 atom stereocenters. The Balaban J connectivity index is 1.32. The van der Waals surface area contributed by atoms with E-state index in [1.807, 2.05) is 30.3 Å². The number of aromatic nitrogens is 1. The van der Waals surface area contributed by atoms with Gasteiger partial charge in [0.1, 0.15) is 0 Å². The van der Waals surface area contributed by atoms with Crippen molar-refractivity contribution in [1.82, 2.24) is 10.4 Å². The molecule has 4 heteroatoms. The van der Waals surface area contributed by atoms with Gasteiger partial charge in [0.05, 0.1) is 16.8 Å². The first-order chi connectivity index (χ1) is 16.4. The molecule has 4 fully saturated rings. The van der Waals surface area contributed by atoms with Crippen molar-refractivity contribution in [1.29, 1.82) is 0 Å². The van der Waals surface area contributed by atoms with Gasteiger partial charge >= 0.3 is 0 Å². The second-order valence-corrected chi connectivity index (χ2v) is 11.2. The van der Waals surface area contributed by atoms with Crippen LogP contribution in [0, 0.1) is 37.0 Å². The standard InChI is InChI=1S/C30H33N3O/c1-18-8-9-24(10-19(18)2)28-14-26(25-6-4-5-7-27(25)31-28)29(34)33-32-20(3)30-15-21-11-22(16-30)13-23(12-21)17-30/h4-10,14,21-23H,11-13,15-17H2,1-3H3,(H,33,34)/b32-20-. The minimum Gasteiger partial charge on any atom is -0.267 e. The molecule has 0 aliphatic heterocycles. The zero-order chi connectivity index (χ0) is 23.4. The fourth-order valence-corrected chi connectivity index (χ4v) is 7.28. The van der Waals surface area contributed by atoms with Crippen LogP contribution in [0.5, 0.6) is 0 Å². The quantitative estimate of drug-likeness (QED) is 0.349. The van der Waals surface area contributed by atoms with Gasteiger partial charge in [-0.25, -0.2) is 10.4 Å². The average Bonchev–Trinajstić information content (AvgIpc) is 2.82. The molecule has 1 N–H and O–H groups in total. The molecular formula is C30H33N3O. The maximum Gasteiger partial charge on any atom is 0.272 e. The summed E-state index contributed by atoms with van der Waals surface area (Å²) >= 11 is 0. The average molecular weight is 452 g/mol. The fraction of sp³-hybridized carbons (Fsp3) is 0.433. The Hall–Kier alpha value is -3.01. The van der Waals surface area contributed by atoms with E-state index >= 15 is 0 Å². The number of benzene rings is 2. The van der Waals surface area contributed by atoms with Gasteiger partial charge in [0.15, 0.2) is 0 Å². The summed E-state index contributed by atoms with van der Waals surface area (Å²) in [5.74, 6) is 2.41. The lowest BCUT2D eigenvalue weighted by molar-refractivity contribution is -0.0128. The highest BCUT2D eigenvalue weighted by atomic mass is 16.2. The summed E-state index contributed by atoms with van der Waals surface area (Å²) in [7, 11) is 0. The molecule has 0 unspecified atom stereocenters. The molecule has 7 rings (SSSR count). The number of nitrogens with one attached hydrogen (secondary N) is 1. The Morgan fingerprint density at radius 2 is 1.62 bits per heavy atom. The summed E-state index contributed by atoms with van der Waals surface area (Å²) in [4.78, 5) is 18.3. The van der Waals surface area contributed by atoms with Crippen LogP contribution in [0.4, 0.5) is 0 Å². The molecule has 4 nitrogen and oxygen atoms in total. The molecule has 4 aliphatic rings. The molecule has 1 amide bonds. The predicted octanol–water partition coefficient (Wildman–Crippen LogP) is 6.84. The van der Waals surface area contributed by atoms with E-state index in [2.05, 4.69) is 44.4 Å². The van der Waals surface area contributed by atoms with Crippen LogP contribution in [0.1, 0.15) is 66.9 Å². The van der Waals surface area contributed by atoms with Gasteiger partial charge < -0.3 is 0 Å². The van der Waals surface area contributed by atoms with Gasteiger partial charge in [0.2, 0.25) is 0 Å². The van der Waals surface area contributed by atoms with Crippen molar-refractivity contribution < 1.29 is 4.79 Å². The number of para-hydroxylation sites is 1. The fourth-order valence-electron chi connectivity index (χ4n) is 7.28. The molecule has 4 saturated carbocycles. The molecule has 34 heavy (non-hydrogen) atoms. The van der Waals surface area contributed by atoms with Crippen LogP contribution in [0.2, 0.25) is 0 Å². The summed E-state index contributed by atoms with van der Waals surface area (Å²) in [6.07, 6.45) is 7.97. The number of carbonyl (C=O) groups excluding carboxylic acids is 1. The third-order valence-electron chi connectivity index (χ3n) is 8.89. The normalized spacial score (nSPS) is 27.9. The maximum absolute atomic E-state index is 13.4. The van der Waals surface area contributed by atoms with Gasteiger partial charge in [-0.15, -0.1) is 0 Å². The van der Waals surface area contributed by atoms with Gasteiger partial charge in [-0.2, -0.15) is 5.10 Å². The second kappa shape index (κ2) is 8.04. The zero-order valence-electron chi connectivity index (χ0n) is 20.4. The Morgan fingerprint density at radius 1 is 0.941 bits per heavy atom. The van der Waals surface area contributed by atoms with E-state index in [0.717, 1.165) is 45.6 Å². The first-order valence-corrected chi connectivity index (χ1v) is 12.7. The minimum absolute atomic E-state index is 0.159. The second-order valence-electron chi connectivity index (χ2n) is 11.2. The van der Waals surface area contributed by atoms with Crippen LogP contribution in [0.25, 0.3) is 22.2 Å². The number of amides is 1. The van der Waals surface area contributed by atoms with Crippen molar-refractivity contribution in [3.63, 3.8) is 0 Å². The number of nitrogens with zero attached hydrogens (tertiary/aromatic N) is 2. The van der Waals surface area contributed by atoms with Crippen LogP contribution in [0.15, 0.2) is 53.6 Å². The van der Waals surface area contributed by atoms with E-state index in [1.54, 1.807) is 0 Å². The van der Waals surface area contributed by atoms with E-state index in [0.29, 0.717) is 5.56 Å². The molecular weight excluding hydrogens is 418 g/mol. The molecule has 1 aromatic heterocycles. The smallest absolute Gasteiger partial charge is 0.267 e. The number of hydrazone groups is 1. The van der Waals surface area contributed by atoms with Crippen LogP contribution < -0.4 is 5.43 Å². The van der Waals surface area contributed by atoms with Crippen LogP contribution in [-0.4, -0.2) is 16.6 Å². The van der Waals surface area contributed by atoms with Gasteiger partial charge in [-0.1, -0.05) is 30.3 Å². The van der Waals surface area contributed by atoms with E-state index < -0.39 is 0 Å². The Labute approximate surface area is 201 Å². The summed E-state index contributed by atoms with van der Waals surface area (Å²) in [6, 6.07) is 16.1. The highest BCUT2D eigenvalue weighted by Gasteiger charge is 2.52. The van der Waals surface area contributed by atoms with Crippen LogP contribution in [-0.2, 0) is 0 Å². The van der Waals surface area contributed by atoms with Gasteiger partial charge in [-0.05, 0) is 106 Å². The third kappa shape index (κ3) is 3.64. The number of carbonyl (C=O) groups is 1. The molecule has 1 heterocycles. The monoisotopic (exact) mass is 451 g/mol. The van der Waals surface area contributed by atoms with Crippen molar-refractivity contribution in [2.24, 2.45) is 28.3 Å². The zero-order valence-corrected chi connectivity index (χ0v) is 20.4. The molecule has 0 saturated heterocycles. The van der Waals surface area contributed by atoms with E-state index in [9.17, 15) is 4.79 Å². The number of hydrogen-bond acceptors (Lipinski definition) is 3. The summed E-state index contributed by atoms with van der Waals surface area (Å²) in [6.45, 7) is 6.35. The maximum atomic E-state index is 13.4. The molecule has 4 aliphatic carbocycles. The molecule has 3 aromatic rings. The first-order valence-electron chi connectivity index (χ1n) is 12.7. The Morgan fingerprint density at radius 3 is 2.29 bits per heavy atom. The van der Waals surface area contributed by atoms with E-state index in [4.69, 9.17) is 10.1 Å². The lowest BCUT2D eigenvalue weighted by Gasteiger charge is -2.56. The highest BCUT2D eigenvalue weighted by molar-refractivity contribution is 6.07. The summed E-state index contributed by atoms with van der Waals surface area (Å²) in [5.41, 5.74) is 10.0. The number of pyridine rings is 1. The Kier molecular flexibility index (Phi) is 5.09. The van der Waals surface area contributed by atoms with E-state index in [-0.39, 0.29) is 11.3 Å². The van der Waals surface area contributed by atoms with Crippen molar-refractivity contribution in [3.05, 3.63) is 65.2 Å². The highest BCUT2D eigenvalue weighted by Crippen LogP contribution is 2.60. The van der Waals surface area contributed by atoms with Crippen LogP contribution >= 0.6 is 0 Å². The van der Waals surface area contributed by atoms with Crippen molar-refractivity contribution in [2.45, 2.75) is 59.3 Å². The lowest BCUT2D eigenvalue weighted by Crippen LogP contribution is -2.49. The Bertz CT molecular complexity index is 1290. The van der Waals surface area contributed by atoms with Crippen molar-refractivity contribution >= 4 is 22.5 Å².